The number of methoxy groups -OCH3 is 1. The van der Waals surface area contributed by atoms with E-state index < -0.39 is 22.0 Å². The van der Waals surface area contributed by atoms with E-state index in [1.54, 1.807) is 12.1 Å². The van der Waals surface area contributed by atoms with Gasteiger partial charge in [-0.25, -0.2) is 8.42 Å². The number of hydrogen-bond acceptors (Lipinski definition) is 7. The summed E-state index contributed by atoms with van der Waals surface area (Å²) in [5.74, 6) is -0.482. The minimum atomic E-state index is -3.90. The summed E-state index contributed by atoms with van der Waals surface area (Å²) in [4.78, 5) is 11.8. The van der Waals surface area contributed by atoms with Gasteiger partial charge in [-0.3, -0.25) is 4.79 Å². The molecule has 0 aliphatic rings. The van der Waals surface area contributed by atoms with E-state index in [0.717, 1.165) is 11.7 Å². The number of nitrogens with zero attached hydrogens (tertiary/aromatic N) is 2. The number of hydrogen-bond donors (Lipinski definition) is 1. The third kappa shape index (κ3) is 3.60. The first kappa shape index (κ1) is 16.8. The second kappa shape index (κ2) is 6.67. The summed E-state index contributed by atoms with van der Waals surface area (Å²) in [6, 6.07) is 3.78. The van der Waals surface area contributed by atoms with Gasteiger partial charge in [-0.2, -0.15) is 13.5 Å². The maximum absolute atomic E-state index is 12.6. The van der Waals surface area contributed by atoms with Crippen LogP contribution in [0.5, 0.6) is 0 Å². The summed E-state index contributed by atoms with van der Waals surface area (Å²) in [5.41, 5.74) is 0.805. The average molecular weight is 343 g/mol. The van der Waals surface area contributed by atoms with E-state index in [1.165, 1.54) is 13.2 Å². The number of aromatic nitrogens is 2. The van der Waals surface area contributed by atoms with E-state index in [0.29, 0.717) is 17.5 Å². The van der Waals surface area contributed by atoms with Crippen molar-refractivity contribution in [3.05, 3.63) is 18.2 Å². The van der Waals surface area contributed by atoms with Gasteiger partial charge in [0.1, 0.15) is 22.0 Å². The summed E-state index contributed by atoms with van der Waals surface area (Å²) in [6.07, 6.45) is 0.344. The molecule has 0 radical (unpaired) electrons. The standard InChI is InChI=1S/C13H17N3O4S2/c1-8(2)7-10(13(17)20-3)16-22(18,19)11-6-4-5-9-12(11)15-21-14-9/h4-6,8,10,16H,7H2,1-3H3. The van der Waals surface area contributed by atoms with Gasteiger partial charge in [0.15, 0.2) is 0 Å². The Morgan fingerprint density at radius 2 is 2.09 bits per heavy atom. The number of nitrogens with one attached hydrogen (secondary N) is 1. The fourth-order valence-corrected chi connectivity index (χ4v) is 4.02. The molecule has 0 saturated carbocycles. The monoisotopic (exact) mass is 343 g/mol. The van der Waals surface area contributed by atoms with Crippen LogP contribution >= 0.6 is 11.7 Å². The fourth-order valence-electron chi connectivity index (χ4n) is 2.06. The van der Waals surface area contributed by atoms with E-state index in [-0.39, 0.29) is 10.8 Å². The maximum Gasteiger partial charge on any atom is 0.323 e. The second-order valence-corrected chi connectivity index (χ2v) is 7.43. The van der Waals surface area contributed by atoms with Gasteiger partial charge in [-0.15, -0.1) is 0 Å². The summed E-state index contributed by atoms with van der Waals surface area (Å²) < 4.78 is 40.3. The molecule has 1 aromatic heterocycles. The van der Waals surface area contributed by atoms with Gasteiger partial charge in [0.05, 0.1) is 18.8 Å². The van der Waals surface area contributed by atoms with Gasteiger partial charge in [-0.1, -0.05) is 19.9 Å². The SMILES string of the molecule is COC(=O)C(CC(C)C)NS(=O)(=O)c1cccc2nsnc12. The lowest BCUT2D eigenvalue weighted by Crippen LogP contribution is -2.42. The van der Waals surface area contributed by atoms with Crippen LogP contribution in [0, 0.1) is 5.92 Å². The predicted octanol–water partition coefficient (Wildman–Crippen LogP) is 1.56. The molecule has 22 heavy (non-hydrogen) atoms. The summed E-state index contributed by atoms with van der Waals surface area (Å²) in [7, 11) is -2.67. The number of carbonyl (C=O) groups excluding carboxylic acids is 1. The molecule has 120 valence electrons. The van der Waals surface area contributed by atoms with E-state index in [1.807, 2.05) is 13.8 Å². The minimum Gasteiger partial charge on any atom is -0.468 e. The molecule has 1 unspecified atom stereocenters. The lowest BCUT2D eigenvalue weighted by atomic mass is 10.1. The van der Waals surface area contributed by atoms with E-state index >= 15 is 0 Å². The lowest BCUT2D eigenvalue weighted by Gasteiger charge is -2.18. The third-order valence-corrected chi connectivity index (χ3v) is 5.07. The molecule has 0 amide bonds. The van der Waals surface area contributed by atoms with Crippen molar-refractivity contribution in [1.82, 2.24) is 13.5 Å². The molecule has 0 bridgehead atoms. The smallest absolute Gasteiger partial charge is 0.323 e. The van der Waals surface area contributed by atoms with Crippen LogP contribution in [0.1, 0.15) is 20.3 Å². The van der Waals surface area contributed by atoms with Crippen LogP contribution in [-0.4, -0.2) is 36.3 Å². The summed E-state index contributed by atoms with van der Waals surface area (Å²) in [5, 5.41) is 0. The van der Waals surface area contributed by atoms with Crippen LogP contribution < -0.4 is 4.72 Å². The molecular formula is C13H17N3O4S2. The zero-order valence-electron chi connectivity index (χ0n) is 12.4. The topological polar surface area (TPSA) is 98.2 Å². The quantitative estimate of drug-likeness (QED) is 0.799. The van der Waals surface area contributed by atoms with Crippen molar-refractivity contribution in [2.24, 2.45) is 5.92 Å². The van der Waals surface area contributed by atoms with Crippen molar-refractivity contribution >= 4 is 38.8 Å². The van der Waals surface area contributed by atoms with Crippen molar-refractivity contribution in [2.45, 2.75) is 31.2 Å². The molecule has 1 N–H and O–H groups in total. The van der Waals surface area contributed by atoms with Gasteiger partial charge < -0.3 is 4.74 Å². The van der Waals surface area contributed by atoms with Crippen LogP contribution in [0.25, 0.3) is 11.0 Å². The Hall–Kier alpha value is -1.58. The molecule has 0 aliphatic heterocycles. The van der Waals surface area contributed by atoms with Crippen molar-refractivity contribution in [1.29, 1.82) is 0 Å². The fraction of sp³-hybridized carbons (Fsp3) is 0.462. The van der Waals surface area contributed by atoms with Crippen molar-refractivity contribution < 1.29 is 17.9 Å². The Kier molecular flexibility index (Phi) is 5.09. The first-order valence-electron chi connectivity index (χ1n) is 6.66. The van der Waals surface area contributed by atoms with Crippen molar-refractivity contribution in [3.8, 4) is 0 Å². The van der Waals surface area contributed by atoms with Gasteiger partial charge in [-0.05, 0) is 24.5 Å². The molecule has 7 nitrogen and oxygen atoms in total. The normalized spacial score (nSPS) is 13.5. The van der Waals surface area contributed by atoms with E-state index in [9.17, 15) is 13.2 Å². The van der Waals surface area contributed by atoms with E-state index in [2.05, 4.69) is 18.2 Å². The van der Waals surface area contributed by atoms with Crippen LogP contribution in [0.4, 0.5) is 0 Å². The largest absolute Gasteiger partial charge is 0.468 e. The number of sulfonamides is 1. The Bertz CT molecular complexity index is 770. The zero-order chi connectivity index (χ0) is 16.3. The number of ether oxygens (including phenoxy) is 1. The summed E-state index contributed by atoms with van der Waals surface area (Å²) >= 11 is 0.940. The van der Waals surface area contributed by atoms with Gasteiger partial charge in [0.2, 0.25) is 10.0 Å². The molecule has 2 rings (SSSR count). The highest BCUT2D eigenvalue weighted by Gasteiger charge is 2.28. The average Bonchev–Trinajstić information content (AvgIpc) is 2.92. The number of esters is 1. The Morgan fingerprint density at radius 1 is 1.36 bits per heavy atom. The van der Waals surface area contributed by atoms with Gasteiger partial charge >= 0.3 is 5.97 Å². The second-order valence-electron chi connectivity index (χ2n) is 5.21. The van der Waals surface area contributed by atoms with Crippen molar-refractivity contribution in [2.75, 3.05) is 7.11 Å². The van der Waals surface area contributed by atoms with Gasteiger partial charge in [0.25, 0.3) is 0 Å². The lowest BCUT2D eigenvalue weighted by molar-refractivity contribution is -0.143. The third-order valence-electron chi connectivity index (χ3n) is 3.03. The van der Waals surface area contributed by atoms with Gasteiger partial charge in [0, 0.05) is 0 Å². The molecule has 1 atom stereocenters. The first-order valence-corrected chi connectivity index (χ1v) is 8.88. The molecule has 0 aliphatic carbocycles. The number of benzene rings is 1. The first-order chi connectivity index (χ1) is 10.3. The highest BCUT2D eigenvalue weighted by molar-refractivity contribution is 7.89. The Balaban J connectivity index is 2.36. The Labute approximate surface area is 133 Å². The summed E-state index contributed by atoms with van der Waals surface area (Å²) in [6.45, 7) is 3.80. The number of rotatable bonds is 6. The van der Waals surface area contributed by atoms with Crippen LogP contribution in [0.3, 0.4) is 0 Å². The molecule has 9 heteroatoms. The predicted molar refractivity (Wildman–Crippen MR) is 83.0 cm³/mol. The maximum atomic E-state index is 12.6. The van der Waals surface area contributed by atoms with E-state index in [4.69, 9.17) is 0 Å². The molecule has 0 fully saturated rings. The van der Waals surface area contributed by atoms with Crippen LogP contribution in [0.15, 0.2) is 23.1 Å². The highest BCUT2D eigenvalue weighted by atomic mass is 32.2. The molecule has 0 spiro atoms. The van der Waals surface area contributed by atoms with Crippen LogP contribution in [0.2, 0.25) is 0 Å². The minimum absolute atomic E-state index is 0.0106. The molecule has 0 saturated heterocycles. The molecule has 2 aromatic rings. The molecular weight excluding hydrogens is 326 g/mol. The molecule has 1 aromatic carbocycles. The number of carbonyl (C=O) groups is 1. The molecule has 1 heterocycles. The highest BCUT2D eigenvalue weighted by Crippen LogP contribution is 2.21. The Morgan fingerprint density at radius 3 is 2.73 bits per heavy atom. The van der Waals surface area contributed by atoms with Crippen LogP contribution in [-0.2, 0) is 19.6 Å². The zero-order valence-corrected chi connectivity index (χ0v) is 14.1. The van der Waals surface area contributed by atoms with Crippen molar-refractivity contribution in [3.63, 3.8) is 0 Å². The number of fused-ring (bicyclic) bond motifs is 1.